The van der Waals surface area contributed by atoms with Crippen LogP contribution in [0.1, 0.15) is 41.6 Å². The molecule has 94 valence electrons. The fraction of sp³-hybridized carbons (Fsp3) is 0.308. The molecule has 0 aliphatic carbocycles. The number of H-pyrrole nitrogens is 1. The first-order chi connectivity index (χ1) is 8.40. The number of nitrogens with one attached hydrogen (secondary N) is 1. The second-order valence-corrected chi connectivity index (χ2v) is 5.00. The van der Waals surface area contributed by atoms with Crippen LogP contribution in [-0.4, -0.2) is 28.1 Å². The highest BCUT2D eigenvalue weighted by Gasteiger charge is 2.22. The number of carbonyl (C=O) groups excluding carboxylic acids is 2. The molecule has 0 amide bonds. The Kier molecular flexibility index (Phi) is 2.90. The van der Waals surface area contributed by atoms with Crippen molar-refractivity contribution < 1.29 is 14.3 Å². The minimum Gasteiger partial charge on any atom is -0.455 e. The van der Waals surface area contributed by atoms with E-state index in [4.69, 9.17) is 4.74 Å². The summed E-state index contributed by atoms with van der Waals surface area (Å²) in [5.74, 6) is -0.503. The summed E-state index contributed by atoms with van der Waals surface area (Å²) in [6.45, 7) is 5.36. The number of aromatic nitrogens is 2. The van der Waals surface area contributed by atoms with Crippen LogP contribution in [0.15, 0.2) is 18.2 Å². The Balaban J connectivity index is 2.45. The summed E-state index contributed by atoms with van der Waals surface area (Å²) in [5, 5.41) is 7.27. The van der Waals surface area contributed by atoms with Gasteiger partial charge in [0.25, 0.3) is 0 Å². The quantitative estimate of drug-likeness (QED) is 0.652. The van der Waals surface area contributed by atoms with E-state index in [1.54, 1.807) is 39.0 Å². The molecule has 0 saturated heterocycles. The number of benzene rings is 1. The van der Waals surface area contributed by atoms with Crippen LogP contribution < -0.4 is 0 Å². The number of rotatable bonds is 2. The van der Waals surface area contributed by atoms with E-state index < -0.39 is 11.6 Å². The van der Waals surface area contributed by atoms with Crippen LogP contribution in [0.3, 0.4) is 0 Å². The summed E-state index contributed by atoms with van der Waals surface area (Å²) in [7, 11) is 0. The molecule has 2 rings (SSSR count). The number of ether oxygens (including phenoxy) is 1. The number of hydrogen-bond donors (Lipinski definition) is 1. The Hall–Kier alpha value is -2.17. The van der Waals surface area contributed by atoms with Crippen molar-refractivity contribution in [3.05, 3.63) is 29.5 Å². The molecule has 5 heteroatoms. The number of carbonyl (C=O) groups is 2. The molecule has 0 aliphatic rings. The molecule has 0 atom stereocenters. The average molecular weight is 246 g/mol. The Morgan fingerprint density at radius 1 is 1.39 bits per heavy atom. The Labute approximate surface area is 104 Å². The van der Waals surface area contributed by atoms with E-state index in [-0.39, 0.29) is 5.69 Å². The number of aldehydes is 1. The fourth-order valence-electron chi connectivity index (χ4n) is 1.59. The predicted octanol–water partition coefficient (Wildman–Crippen LogP) is 2.33. The molecule has 1 aromatic heterocycles. The van der Waals surface area contributed by atoms with Crippen LogP contribution in [0.25, 0.3) is 10.9 Å². The lowest BCUT2D eigenvalue weighted by Gasteiger charge is -2.18. The number of esters is 1. The standard InChI is InChI=1S/C13H14N2O3/c1-13(2,3)18-12(17)11-9-6-8(7-16)4-5-10(9)14-15-11/h4-7H,1-3H3,(H,14,15). The van der Waals surface area contributed by atoms with E-state index in [1.807, 2.05) is 0 Å². The van der Waals surface area contributed by atoms with E-state index >= 15 is 0 Å². The van der Waals surface area contributed by atoms with Gasteiger partial charge in [-0.15, -0.1) is 0 Å². The third-order valence-electron chi connectivity index (χ3n) is 2.32. The summed E-state index contributed by atoms with van der Waals surface area (Å²) < 4.78 is 5.25. The van der Waals surface area contributed by atoms with Gasteiger partial charge >= 0.3 is 5.97 Å². The van der Waals surface area contributed by atoms with Gasteiger partial charge in [-0.25, -0.2) is 4.79 Å². The molecule has 1 heterocycles. The van der Waals surface area contributed by atoms with E-state index in [0.717, 1.165) is 6.29 Å². The first kappa shape index (κ1) is 12.3. The van der Waals surface area contributed by atoms with Gasteiger partial charge in [0.15, 0.2) is 5.69 Å². The summed E-state index contributed by atoms with van der Waals surface area (Å²) in [6, 6.07) is 4.98. The average Bonchev–Trinajstić information content (AvgIpc) is 2.69. The van der Waals surface area contributed by atoms with E-state index in [2.05, 4.69) is 10.2 Å². The molecule has 5 nitrogen and oxygen atoms in total. The molecule has 0 radical (unpaired) electrons. The van der Waals surface area contributed by atoms with Gasteiger partial charge in [0.2, 0.25) is 0 Å². The third kappa shape index (κ3) is 2.40. The second kappa shape index (κ2) is 4.25. The molecule has 1 N–H and O–H groups in total. The Morgan fingerprint density at radius 3 is 2.72 bits per heavy atom. The summed E-state index contributed by atoms with van der Waals surface area (Å²) >= 11 is 0. The molecule has 0 unspecified atom stereocenters. The van der Waals surface area contributed by atoms with Crippen LogP contribution in [0.5, 0.6) is 0 Å². The maximum Gasteiger partial charge on any atom is 0.360 e. The fourth-order valence-corrected chi connectivity index (χ4v) is 1.59. The lowest BCUT2D eigenvalue weighted by molar-refractivity contribution is 0.00650. The zero-order chi connectivity index (χ0) is 13.3. The van der Waals surface area contributed by atoms with E-state index in [0.29, 0.717) is 16.5 Å². The molecule has 0 saturated carbocycles. The van der Waals surface area contributed by atoms with Crippen molar-refractivity contribution >= 4 is 23.2 Å². The molecule has 0 spiro atoms. The Morgan fingerprint density at radius 2 is 2.11 bits per heavy atom. The van der Waals surface area contributed by atoms with Crippen molar-refractivity contribution in [2.24, 2.45) is 0 Å². The highest BCUT2D eigenvalue weighted by Crippen LogP contribution is 2.20. The summed E-state index contributed by atoms with van der Waals surface area (Å²) in [4.78, 5) is 22.7. The SMILES string of the molecule is CC(C)(C)OC(=O)c1n[nH]c2ccc(C=O)cc12. The van der Waals surface area contributed by atoms with Crippen LogP contribution >= 0.6 is 0 Å². The number of aromatic amines is 1. The van der Waals surface area contributed by atoms with Gasteiger partial charge in [-0.05, 0) is 39.0 Å². The molecule has 18 heavy (non-hydrogen) atoms. The van der Waals surface area contributed by atoms with Crippen LogP contribution in [0, 0.1) is 0 Å². The highest BCUT2D eigenvalue weighted by molar-refractivity contribution is 6.03. The first-order valence-electron chi connectivity index (χ1n) is 5.57. The molecule has 2 aromatic rings. The zero-order valence-electron chi connectivity index (χ0n) is 10.5. The number of fused-ring (bicyclic) bond motifs is 1. The molecule has 0 fully saturated rings. The van der Waals surface area contributed by atoms with Crippen LogP contribution in [-0.2, 0) is 4.74 Å². The largest absolute Gasteiger partial charge is 0.455 e. The van der Waals surface area contributed by atoms with Gasteiger partial charge in [0.05, 0.1) is 5.52 Å². The zero-order valence-corrected chi connectivity index (χ0v) is 10.5. The van der Waals surface area contributed by atoms with Gasteiger partial charge in [-0.2, -0.15) is 5.10 Å². The number of hydrogen-bond acceptors (Lipinski definition) is 4. The van der Waals surface area contributed by atoms with Crippen molar-refractivity contribution in [2.75, 3.05) is 0 Å². The van der Waals surface area contributed by atoms with Gasteiger partial charge in [-0.3, -0.25) is 9.89 Å². The van der Waals surface area contributed by atoms with Gasteiger partial charge < -0.3 is 4.74 Å². The van der Waals surface area contributed by atoms with Crippen molar-refractivity contribution in [2.45, 2.75) is 26.4 Å². The van der Waals surface area contributed by atoms with Gasteiger partial charge in [0, 0.05) is 10.9 Å². The maximum absolute atomic E-state index is 11.9. The predicted molar refractivity (Wildman–Crippen MR) is 66.6 cm³/mol. The molecule has 0 aliphatic heterocycles. The van der Waals surface area contributed by atoms with Crippen molar-refractivity contribution in [3.8, 4) is 0 Å². The monoisotopic (exact) mass is 246 g/mol. The Bertz CT molecular complexity index is 608. The molecule has 0 bridgehead atoms. The minimum absolute atomic E-state index is 0.198. The van der Waals surface area contributed by atoms with E-state index in [1.165, 1.54) is 0 Å². The van der Waals surface area contributed by atoms with Gasteiger partial charge in [0.1, 0.15) is 11.9 Å². The molecule has 1 aromatic carbocycles. The summed E-state index contributed by atoms with van der Waals surface area (Å²) in [5.41, 5.74) is 0.809. The van der Waals surface area contributed by atoms with Crippen LogP contribution in [0.2, 0.25) is 0 Å². The normalized spacial score (nSPS) is 11.5. The second-order valence-electron chi connectivity index (χ2n) is 5.00. The lowest BCUT2D eigenvalue weighted by atomic mass is 10.1. The molecular weight excluding hydrogens is 232 g/mol. The maximum atomic E-state index is 11.9. The smallest absolute Gasteiger partial charge is 0.360 e. The van der Waals surface area contributed by atoms with Crippen LogP contribution in [0.4, 0.5) is 0 Å². The topological polar surface area (TPSA) is 72.0 Å². The number of nitrogens with zero attached hydrogens (tertiary/aromatic N) is 1. The lowest BCUT2D eigenvalue weighted by Crippen LogP contribution is -2.24. The van der Waals surface area contributed by atoms with E-state index in [9.17, 15) is 9.59 Å². The summed E-state index contributed by atoms with van der Waals surface area (Å²) in [6.07, 6.45) is 0.727. The van der Waals surface area contributed by atoms with Crippen molar-refractivity contribution in [1.82, 2.24) is 10.2 Å². The highest BCUT2D eigenvalue weighted by atomic mass is 16.6. The van der Waals surface area contributed by atoms with Gasteiger partial charge in [-0.1, -0.05) is 0 Å². The van der Waals surface area contributed by atoms with Crippen molar-refractivity contribution in [1.29, 1.82) is 0 Å². The van der Waals surface area contributed by atoms with Crippen molar-refractivity contribution in [3.63, 3.8) is 0 Å². The third-order valence-corrected chi connectivity index (χ3v) is 2.32. The minimum atomic E-state index is -0.579. The first-order valence-corrected chi connectivity index (χ1v) is 5.57. The molecular formula is C13H14N2O3.